The van der Waals surface area contributed by atoms with Gasteiger partial charge in [0.25, 0.3) is 0 Å². The van der Waals surface area contributed by atoms with Crippen LogP contribution in [0.25, 0.3) is 0 Å². The van der Waals surface area contributed by atoms with Gasteiger partial charge in [-0.15, -0.1) is 0 Å². The van der Waals surface area contributed by atoms with Gasteiger partial charge in [-0.25, -0.2) is 4.39 Å². The summed E-state index contributed by atoms with van der Waals surface area (Å²) in [7, 11) is 3.66. The average molecular weight is 239 g/mol. The number of hydrogen-bond donors (Lipinski definition) is 1. The highest BCUT2D eigenvalue weighted by Gasteiger charge is 2.09. The quantitative estimate of drug-likeness (QED) is 0.739. The van der Waals surface area contributed by atoms with Gasteiger partial charge in [-0.1, -0.05) is 6.07 Å². The zero-order valence-electron chi connectivity index (χ0n) is 10.9. The number of aryl methyl sites for hydroxylation is 1. The molecule has 0 aromatic heterocycles. The van der Waals surface area contributed by atoms with Crippen molar-refractivity contribution in [3.8, 4) is 0 Å². The number of methoxy groups -OCH3 is 1. The molecule has 1 aromatic rings. The molecule has 1 atom stereocenters. The Morgan fingerprint density at radius 2 is 2.18 bits per heavy atom. The molecule has 0 saturated heterocycles. The lowest BCUT2D eigenvalue weighted by molar-refractivity contribution is 0.189. The predicted molar refractivity (Wildman–Crippen MR) is 68.8 cm³/mol. The summed E-state index contributed by atoms with van der Waals surface area (Å²) in [6.07, 6.45) is 2.93. The minimum atomic E-state index is -0.155. The van der Waals surface area contributed by atoms with E-state index in [0.717, 1.165) is 37.0 Å². The first-order valence-corrected chi connectivity index (χ1v) is 6.08. The fraction of sp³-hybridized carbons (Fsp3) is 0.571. The molecule has 1 rings (SSSR count). The maximum atomic E-state index is 13.2. The van der Waals surface area contributed by atoms with Crippen LogP contribution in [0, 0.1) is 12.7 Å². The van der Waals surface area contributed by atoms with Gasteiger partial charge in [-0.05, 0) is 56.5 Å². The number of nitrogens with one attached hydrogen (secondary N) is 1. The Kier molecular flexibility index (Phi) is 6.16. The molecule has 0 fully saturated rings. The Labute approximate surface area is 103 Å². The van der Waals surface area contributed by atoms with Crippen LogP contribution in [0.3, 0.4) is 0 Å². The van der Waals surface area contributed by atoms with Crippen molar-refractivity contribution in [2.75, 3.05) is 20.8 Å². The Hall–Kier alpha value is -0.930. The molecule has 0 saturated carbocycles. The first kappa shape index (κ1) is 14.1. The lowest BCUT2D eigenvalue weighted by Crippen LogP contribution is -2.28. The van der Waals surface area contributed by atoms with Crippen LogP contribution in [-0.4, -0.2) is 26.8 Å². The van der Waals surface area contributed by atoms with Gasteiger partial charge < -0.3 is 10.1 Å². The molecule has 1 aromatic carbocycles. The molecular weight excluding hydrogens is 217 g/mol. The molecule has 0 bridgehead atoms. The van der Waals surface area contributed by atoms with Crippen LogP contribution in [0.15, 0.2) is 18.2 Å². The van der Waals surface area contributed by atoms with Gasteiger partial charge in [0.15, 0.2) is 0 Å². The van der Waals surface area contributed by atoms with Crippen LogP contribution in [0.2, 0.25) is 0 Å². The summed E-state index contributed by atoms with van der Waals surface area (Å²) in [5.41, 5.74) is 2.24. The second-order valence-electron chi connectivity index (χ2n) is 4.40. The zero-order chi connectivity index (χ0) is 12.7. The minimum Gasteiger partial charge on any atom is -0.385 e. The molecule has 0 amide bonds. The molecule has 0 aliphatic rings. The summed E-state index contributed by atoms with van der Waals surface area (Å²) in [6.45, 7) is 2.80. The minimum absolute atomic E-state index is 0.155. The van der Waals surface area contributed by atoms with Crippen molar-refractivity contribution in [1.29, 1.82) is 0 Å². The molecule has 1 N–H and O–H groups in total. The molecule has 96 valence electrons. The summed E-state index contributed by atoms with van der Waals surface area (Å²) in [5.74, 6) is -0.155. The lowest BCUT2D eigenvalue weighted by Gasteiger charge is -2.17. The molecule has 0 spiro atoms. The molecule has 0 heterocycles. The summed E-state index contributed by atoms with van der Waals surface area (Å²) in [6, 6.07) is 5.37. The zero-order valence-corrected chi connectivity index (χ0v) is 10.9. The van der Waals surface area contributed by atoms with Crippen molar-refractivity contribution in [2.24, 2.45) is 0 Å². The van der Waals surface area contributed by atoms with Crippen molar-refractivity contribution in [2.45, 2.75) is 32.2 Å². The smallest absolute Gasteiger partial charge is 0.123 e. The van der Waals surface area contributed by atoms with E-state index in [1.807, 2.05) is 20.0 Å². The predicted octanol–water partition coefficient (Wildman–Crippen LogP) is 2.69. The van der Waals surface area contributed by atoms with E-state index >= 15 is 0 Å². The van der Waals surface area contributed by atoms with Crippen LogP contribution in [0.1, 0.15) is 24.0 Å². The Morgan fingerprint density at radius 3 is 2.82 bits per heavy atom. The van der Waals surface area contributed by atoms with Gasteiger partial charge >= 0.3 is 0 Å². The first-order chi connectivity index (χ1) is 8.17. The topological polar surface area (TPSA) is 21.3 Å². The maximum absolute atomic E-state index is 13.2. The van der Waals surface area contributed by atoms with Crippen LogP contribution in [-0.2, 0) is 11.2 Å². The molecule has 0 radical (unpaired) electrons. The molecule has 1 unspecified atom stereocenters. The van der Waals surface area contributed by atoms with Crippen LogP contribution >= 0.6 is 0 Å². The molecule has 3 heteroatoms. The summed E-state index contributed by atoms with van der Waals surface area (Å²) < 4.78 is 18.2. The monoisotopic (exact) mass is 239 g/mol. The third-order valence-electron chi connectivity index (χ3n) is 3.09. The van der Waals surface area contributed by atoms with E-state index in [0.29, 0.717) is 6.04 Å². The highest BCUT2D eigenvalue weighted by molar-refractivity contribution is 5.27. The van der Waals surface area contributed by atoms with E-state index in [1.165, 1.54) is 6.07 Å². The molecule has 17 heavy (non-hydrogen) atoms. The Balaban J connectivity index is 2.57. The van der Waals surface area contributed by atoms with E-state index in [2.05, 4.69) is 5.32 Å². The number of ether oxygens (including phenoxy) is 1. The third-order valence-corrected chi connectivity index (χ3v) is 3.09. The Bertz CT molecular complexity index is 341. The van der Waals surface area contributed by atoms with Crippen LogP contribution < -0.4 is 5.32 Å². The summed E-state index contributed by atoms with van der Waals surface area (Å²) in [5, 5.41) is 3.28. The summed E-state index contributed by atoms with van der Waals surface area (Å²) >= 11 is 0. The van der Waals surface area contributed by atoms with Gasteiger partial charge in [0.1, 0.15) is 5.82 Å². The van der Waals surface area contributed by atoms with Gasteiger partial charge in [-0.3, -0.25) is 0 Å². The summed E-state index contributed by atoms with van der Waals surface area (Å²) in [4.78, 5) is 0. The molecular formula is C14H22FNO. The van der Waals surface area contributed by atoms with Crippen molar-refractivity contribution in [1.82, 2.24) is 5.32 Å². The first-order valence-electron chi connectivity index (χ1n) is 6.08. The van der Waals surface area contributed by atoms with Gasteiger partial charge in [0.05, 0.1) is 0 Å². The number of halogens is 1. The van der Waals surface area contributed by atoms with E-state index in [-0.39, 0.29) is 5.82 Å². The van der Waals surface area contributed by atoms with Crippen molar-refractivity contribution >= 4 is 0 Å². The second kappa shape index (κ2) is 7.41. The molecule has 0 aliphatic carbocycles. The third kappa shape index (κ3) is 4.84. The largest absolute Gasteiger partial charge is 0.385 e. The molecule has 2 nitrogen and oxygen atoms in total. The highest BCUT2D eigenvalue weighted by atomic mass is 19.1. The fourth-order valence-electron chi connectivity index (χ4n) is 1.95. The second-order valence-corrected chi connectivity index (χ2v) is 4.40. The normalized spacial score (nSPS) is 12.7. The van der Waals surface area contributed by atoms with Gasteiger partial charge in [0.2, 0.25) is 0 Å². The number of likely N-dealkylation sites (N-methyl/N-ethyl adjacent to an activating group) is 1. The molecule has 0 aliphatic heterocycles. The fourth-order valence-corrected chi connectivity index (χ4v) is 1.95. The van der Waals surface area contributed by atoms with Gasteiger partial charge in [0, 0.05) is 19.8 Å². The Morgan fingerprint density at radius 1 is 1.41 bits per heavy atom. The number of hydrogen-bond acceptors (Lipinski definition) is 2. The van der Waals surface area contributed by atoms with Crippen molar-refractivity contribution in [3.63, 3.8) is 0 Å². The van der Waals surface area contributed by atoms with E-state index in [4.69, 9.17) is 4.74 Å². The standard InChI is InChI=1S/C14H22FNO/c1-11-6-7-13(15)9-12(11)10-14(16-2)5-4-8-17-3/h6-7,9,14,16H,4-5,8,10H2,1-3H3. The van der Waals surface area contributed by atoms with Crippen molar-refractivity contribution in [3.05, 3.63) is 35.1 Å². The highest BCUT2D eigenvalue weighted by Crippen LogP contribution is 2.14. The van der Waals surface area contributed by atoms with Crippen LogP contribution in [0.4, 0.5) is 4.39 Å². The lowest BCUT2D eigenvalue weighted by atomic mass is 9.98. The maximum Gasteiger partial charge on any atom is 0.123 e. The van der Waals surface area contributed by atoms with E-state index in [9.17, 15) is 4.39 Å². The number of benzene rings is 1. The van der Waals surface area contributed by atoms with Crippen LogP contribution in [0.5, 0.6) is 0 Å². The van der Waals surface area contributed by atoms with Crippen molar-refractivity contribution < 1.29 is 9.13 Å². The van der Waals surface area contributed by atoms with Gasteiger partial charge in [-0.2, -0.15) is 0 Å². The average Bonchev–Trinajstić information content (AvgIpc) is 2.32. The number of rotatable bonds is 7. The van der Waals surface area contributed by atoms with E-state index < -0.39 is 0 Å². The SMILES string of the molecule is CNC(CCCOC)Cc1cc(F)ccc1C. The van der Waals surface area contributed by atoms with E-state index in [1.54, 1.807) is 13.2 Å².